The molecular formula is C21H18ClN5O3S. The molecule has 1 N–H and O–H groups in total. The van der Waals surface area contributed by atoms with Crippen LogP contribution < -0.4 is 10.1 Å². The first-order chi connectivity index (χ1) is 15.0. The number of methoxy groups -OCH3 is 1. The van der Waals surface area contributed by atoms with Gasteiger partial charge in [-0.3, -0.25) is 9.36 Å². The molecule has 2 aromatic carbocycles. The molecule has 0 saturated heterocycles. The number of aryl methyl sites for hydroxylation is 1. The Labute approximate surface area is 187 Å². The standard InChI is InChI=1S/C21H18ClN5O3S/c1-13-10-19(26-30-13)31-21-25-24-18(27(21)16-5-3-4-15(22)11-16)12-23-20(28)14-6-8-17(29-2)9-7-14/h3-11H,12H2,1-2H3,(H,23,28). The van der Waals surface area contributed by atoms with Crippen molar-refractivity contribution in [1.29, 1.82) is 0 Å². The number of ether oxygens (including phenoxy) is 1. The van der Waals surface area contributed by atoms with E-state index in [2.05, 4.69) is 20.7 Å². The number of nitrogens with one attached hydrogen (secondary N) is 1. The quantitative estimate of drug-likeness (QED) is 0.443. The molecule has 0 aliphatic rings. The first-order valence-corrected chi connectivity index (χ1v) is 10.5. The van der Waals surface area contributed by atoms with E-state index in [0.29, 0.717) is 38.1 Å². The van der Waals surface area contributed by atoms with Crippen molar-refractivity contribution in [1.82, 2.24) is 25.2 Å². The highest BCUT2D eigenvalue weighted by Crippen LogP contribution is 2.29. The number of aromatic nitrogens is 4. The van der Waals surface area contributed by atoms with E-state index in [9.17, 15) is 4.79 Å². The smallest absolute Gasteiger partial charge is 0.251 e. The van der Waals surface area contributed by atoms with Gasteiger partial charge < -0.3 is 14.6 Å². The topological polar surface area (TPSA) is 95.1 Å². The Balaban J connectivity index is 1.59. The second-order valence-corrected chi connectivity index (χ2v) is 7.93. The first kappa shape index (κ1) is 21.0. The number of rotatable bonds is 7. The fourth-order valence-electron chi connectivity index (χ4n) is 2.84. The fourth-order valence-corrected chi connectivity index (χ4v) is 3.90. The molecule has 8 nitrogen and oxygen atoms in total. The van der Waals surface area contributed by atoms with E-state index in [0.717, 1.165) is 5.69 Å². The molecule has 2 heterocycles. The van der Waals surface area contributed by atoms with Crippen molar-refractivity contribution < 1.29 is 14.1 Å². The molecule has 10 heteroatoms. The van der Waals surface area contributed by atoms with E-state index in [4.69, 9.17) is 20.9 Å². The molecule has 0 aliphatic carbocycles. The lowest BCUT2D eigenvalue weighted by atomic mass is 10.2. The second kappa shape index (κ2) is 9.23. The number of hydrogen-bond donors (Lipinski definition) is 1. The SMILES string of the molecule is COc1ccc(C(=O)NCc2nnc(Sc3cc(C)on3)n2-c2cccc(Cl)c2)cc1. The molecule has 4 rings (SSSR count). The summed E-state index contributed by atoms with van der Waals surface area (Å²) in [6, 6.07) is 16.0. The molecule has 0 fully saturated rings. The third-order valence-corrected chi connectivity index (χ3v) is 5.41. The van der Waals surface area contributed by atoms with Crippen LogP contribution in [0.2, 0.25) is 5.02 Å². The molecule has 31 heavy (non-hydrogen) atoms. The lowest BCUT2D eigenvalue weighted by Gasteiger charge is -2.11. The average Bonchev–Trinajstić information content (AvgIpc) is 3.38. The van der Waals surface area contributed by atoms with E-state index in [1.54, 1.807) is 43.5 Å². The van der Waals surface area contributed by atoms with Crippen molar-refractivity contribution in [3.8, 4) is 11.4 Å². The summed E-state index contributed by atoms with van der Waals surface area (Å²) in [4.78, 5) is 12.6. The van der Waals surface area contributed by atoms with Crippen LogP contribution in [-0.4, -0.2) is 32.9 Å². The van der Waals surface area contributed by atoms with Gasteiger partial charge in [0.1, 0.15) is 16.5 Å². The third-order valence-electron chi connectivity index (χ3n) is 4.33. The van der Waals surface area contributed by atoms with Crippen LogP contribution in [0.15, 0.2) is 69.3 Å². The first-order valence-electron chi connectivity index (χ1n) is 9.27. The van der Waals surface area contributed by atoms with Crippen molar-refractivity contribution >= 4 is 29.3 Å². The molecule has 0 bridgehead atoms. The van der Waals surface area contributed by atoms with Crippen LogP contribution in [0.5, 0.6) is 5.75 Å². The van der Waals surface area contributed by atoms with Gasteiger partial charge in [0.2, 0.25) is 5.16 Å². The lowest BCUT2D eigenvalue weighted by molar-refractivity contribution is 0.0949. The van der Waals surface area contributed by atoms with Crippen LogP contribution in [0.1, 0.15) is 21.9 Å². The largest absolute Gasteiger partial charge is 0.497 e. The molecule has 0 atom stereocenters. The van der Waals surface area contributed by atoms with E-state index in [-0.39, 0.29) is 12.5 Å². The van der Waals surface area contributed by atoms with Crippen LogP contribution in [-0.2, 0) is 6.54 Å². The summed E-state index contributed by atoms with van der Waals surface area (Å²) in [5.41, 5.74) is 1.29. The predicted octanol–water partition coefficient (Wildman–Crippen LogP) is 4.31. The van der Waals surface area contributed by atoms with Gasteiger partial charge in [0.15, 0.2) is 5.82 Å². The van der Waals surface area contributed by atoms with Crippen molar-refractivity contribution in [2.45, 2.75) is 23.7 Å². The fraction of sp³-hybridized carbons (Fsp3) is 0.143. The average molecular weight is 456 g/mol. The molecule has 0 radical (unpaired) electrons. The van der Waals surface area contributed by atoms with Gasteiger partial charge in [-0.1, -0.05) is 22.8 Å². The Morgan fingerprint density at radius 2 is 2.00 bits per heavy atom. The van der Waals surface area contributed by atoms with Gasteiger partial charge in [-0.2, -0.15) is 0 Å². The summed E-state index contributed by atoms with van der Waals surface area (Å²) in [7, 11) is 1.58. The zero-order valence-electron chi connectivity index (χ0n) is 16.7. The third kappa shape index (κ3) is 4.89. The Kier molecular flexibility index (Phi) is 6.24. The summed E-state index contributed by atoms with van der Waals surface area (Å²) >= 11 is 7.50. The Hall–Kier alpha value is -3.30. The highest BCUT2D eigenvalue weighted by atomic mass is 35.5. The van der Waals surface area contributed by atoms with Gasteiger partial charge in [0, 0.05) is 16.7 Å². The summed E-state index contributed by atoms with van der Waals surface area (Å²) in [5.74, 6) is 1.70. The zero-order chi connectivity index (χ0) is 21.8. The van der Waals surface area contributed by atoms with Crippen molar-refractivity contribution in [2.24, 2.45) is 0 Å². The minimum Gasteiger partial charge on any atom is -0.497 e. The molecule has 2 aromatic heterocycles. The zero-order valence-corrected chi connectivity index (χ0v) is 18.3. The highest BCUT2D eigenvalue weighted by Gasteiger charge is 2.18. The Morgan fingerprint density at radius 1 is 1.19 bits per heavy atom. The summed E-state index contributed by atoms with van der Waals surface area (Å²) < 4.78 is 12.1. The summed E-state index contributed by atoms with van der Waals surface area (Å²) in [6.07, 6.45) is 0. The predicted molar refractivity (Wildman–Crippen MR) is 116 cm³/mol. The number of amides is 1. The normalized spacial score (nSPS) is 10.8. The van der Waals surface area contributed by atoms with Crippen LogP contribution in [0.4, 0.5) is 0 Å². The molecule has 4 aromatic rings. The van der Waals surface area contributed by atoms with Crippen LogP contribution >= 0.6 is 23.4 Å². The number of carbonyl (C=O) groups excluding carboxylic acids is 1. The van der Waals surface area contributed by atoms with Crippen LogP contribution in [0.3, 0.4) is 0 Å². The van der Waals surface area contributed by atoms with Gasteiger partial charge in [0.25, 0.3) is 5.91 Å². The van der Waals surface area contributed by atoms with Crippen molar-refractivity contribution in [2.75, 3.05) is 7.11 Å². The van der Waals surface area contributed by atoms with Crippen LogP contribution in [0, 0.1) is 6.92 Å². The minimum absolute atomic E-state index is 0.169. The molecule has 0 spiro atoms. The second-order valence-electron chi connectivity index (χ2n) is 6.50. The number of hydrogen-bond acceptors (Lipinski definition) is 7. The van der Waals surface area contributed by atoms with Crippen LogP contribution in [0.25, 0.3) is 5.69 Å². The summed E-state index contributed by atoms with van der Waals surface area (Å²) in [5, 5.41) is 17.2. The minimum atomic E-state index is -0.232. The maximum Gasteiger partial charge on any atom is 0.251 e. The van der Waals surface area contributed by atoms with Crippen molar-refractivity contribution in [3.05, 3.63) is 76.8 Å². The lowest BCUT2D eigenvalue weighted by Crippen LogP contribution is -2.24. The van der Waals surface area contributed by atoms with E-state index in [1.165, 1.54) is 11.8 Å². The van der Waals surface area contributed by atoms with Gasteiger partial charge in [-0.25, -0.2) is 0 Å². The maximum atomic E-state index is 12.6. The van der Waals surface area contributed by atoms with Gasteiger partial charge in [0.05, 0.1) is 19.3 Å². The van der Waals surface area contributed by atoms with Crippen molar-refractivity contribution in [3.63, 3.8) is 0 Å². The number of carbonyl (C=O) groups is 1. The molecule has 0 aliphatic heterocycles. The number of halogens is 1. The molecule has 0 saturated carbocycles. The monoisotopic (exact) mass is 455 g/mol. The van der Waals surface area contributed by atoms with Gasteiger partial charge in [-0.05, 0) is 61.2 Å². The molecular weight excluding hydrogens is 438 g/mol. The number of benzene rings is 2. The van der Waals surface area contributed by atoms with Gasteiger partial charge >= 0.3 is 0 Å². The molecule has 0 unspecified atom stereocenters. The molecule has 1 amide bonds. The van der Waals surface area contributed by atoms with E-state index in [1.807, 2.05) is 29.7 Å². The molecule has 158 valence electrons. The van der Waals surface area contributed by atoms with E-state index >= 15 is 0 Å². The highest BCUT2D eigenvalue weighted by molar-refractivity contribution is 7.99. The van der Waals surface area contributed by atoms with E-state index < -0.39 is 0 Å². The number of nitrogens with zero attached hydrogens (tertiary/aromatic N) is 4. The maximum absolute atomic E-state index is 12.6. The van der Waals surface area contributed by atoms with Gasteiger partial charge in [-0.15, -0.1) is 10.2 Å². The summed E-state index contributed by atoms with van der Waals surface area (Å²) in [6.45, 7) is 1.99. The Bertz CT molecular complexity index is 1210. The Morgan fingerprint density at radius 3 is 2.68 bits per heavy atom.